The number of methoxy groups -OCH3 is 1. The minimum atomic E-state index is -4.52. The molecular weight excluding hydrogens is 407 g/mol. The van der Waals surface area contributed by atoms with Gasteiger partial charge >= 0.3 is 12.1 Å². The summed E-state index contributed by atoms with van der Waals surface area (Å²) in [7, 11) is 1.28. The summed E-state index contributed by atoms with van der Waals surface area (Å²) in [5.41, 5.74) is -0.569. The fourth-order valence-electron chi connectivity index (χ4n) is 1.91. The predicted molar refractivity (Wildman–Crippen MR) is 94.3 cm³/mol. The predicted octanol–water partition coefficient (Wildman–Crippen LogP) is 4.07. The number of alkyl halides is 3. The number of aliphatic hydroxyl groups is 1. The highest BCUT2D eigenvalue weighted by Crippen LogP contribution is 2.33. The number of nitrogens with zero attached hydrogens (tertiary/aromatic N) is 1. The molecule has 0 saturated carbocycles. The average molecular weight is 422 g/mol. The van der Waals surface area contributed by atoms with Crippen LogP contribution in [0.4, 0.5) is 13.2 Å². The fraction of sp³-hybridized carbons (Fsp3) is 0.294. The molecule has 10 heteroatoms. The number of aliphatic hydroxyl groups excluding tert-OH is 1. The quantitative estimate of drug-likeness (QED) is 0.537. The molecule has 1 N–H and O–H groups in total. The van der Waals surface area contributed by atoms with Gasteiger partial charge < -0.3 is 14.6 Å². The Morgan fingerprint density at radius 2 is 2.00 bits per heavy atom. The van der Waals surface area contributed by atoms with Crippen molar-refractivity contribution in [1.29, 1.82) is 0 Å². The van der Waals surface area contributed by atoms with E-state index in [1.165, 1.54) is 19.2 Å². The molecule has 0 saturated heterocycles. The van der Waals surface area contributed by atoms with Crippen molar-refractivity contribution in [3.63, 3.8) is 0 Å². The van der Waals surface area contributed by atoms with Crippen molar-refractivity contribution < 1.29 is 32.5 Å². The zero-order valence-corrected chi connectivity index (χ0v) is 15.6. The molecule has 2 aromatic rings. The number of ether oxygens (including phenoxy) is 2. The minimum absolute atomic E-state index is 0.0528. The number of carbonyl (C=O) groups is 1. The number of hydrogen-bond acceptors (Lipinski definition) is 6. The largest absolute Gasteiger partial charge is 0.491 e. The summed E-state index contributed by atoms with van der Waals surface area (Å²) in [6.45, 7) is -0.0528. The smallest absolute Gasteiger partial charge is 0.417 e. The Morgan fingerprint density at radius 1 is 1.33 bits per heavy atom. The minimum Gasteiger partial charge on any atom is -0.491 e. The van der Waals surface area contributed by atoms with Crippen LogP contribution in [0.15, 0.2) is 41.6 Å². The molecular formula is C17H15ClF3NO4S. The Bertz CT molecular complexity index is 787. The van der Waals surface area contributed by atoms with E-state index in [1.54, 1.807) is 12.1 Å². The highest BCUT2D eigenvalue weighted by atomic mass is 35.5. The Balaban J connectivity index is 1.84. The fourth-order valence-corrected chi connectivity index (χ4v) is 3.01. The van der Waals surface area contributed by atoms with E-state index >= 15 is 0 Å². The standard InChI is InChI=1S/C17H15ClF3NO4S/c1-25-16(24)10-2-4-13(5-3-10)26-8-12(23)9-27-15-14(18)6-11(7-22-15)17(19,20)21/h2-7,12,23H,8-9H2,1H3/t12-/m0/s1. The van der Waals surface area contributed by atoms with Crippen molar-refractivity contribution in [3.8, 4) is 5.75 Å². The van der Waals surface area contributed by atoms with E-state index in [4.69, 9.17) is 16.3 Å². The van der Waals surface area contributed by atoms with Crippen LogP contribution in [0, 0.1) is 0 Å². The normalized spacial score (nSPS) is 12.5. The van der Waals surface area contributed by atoms with E-state index in [0.717, 1.165) is 17.8 Å². The molecule has 1 atom stereocenters. The van der Waals surface area contributed by atoms with Crippen LogP contribution in [0.3, 0.4) is 0 Å². The maximum absolute atomic E-state index is 12.6. The Morgan fingerprint density at radius 3 is 2.56 bits per heavy atom. The van der Waals surface area contributed by atoms with Gasteiger partial charge in [-0.05, 0) is 30.3 Å². The number of esters is 1. The van der Waals surface area contributed by atoms with Crippen LogP contribution in [0.1, 0.15) is 15.9 Å². The number of pyridine rings is 1. The van der Waals surface area contributed by atoms with Gasteiger partial charge in [0.15, 0.2) is 0 Å². The van der Waals surface area contributed by atoms with Crippen LogP contribution < -0.4 is 4.74 Å². The van der Waals surface area contributed by atoms with Gasteiger partial charge in [-0.25, -0.2) is 9.78 Å². The number of benzene rings is 1. The van der Waals surface area contributed by atoms with Gasteiger partial charge in [0.2, 0.25) is 0 Å². The summed E-state index contributed by atoms with van der Waals surface area (Å²) >= 11 is 6.83. The Labute approximate surface area is 162 Å². The molecule has 1 aromatic heterocycles. The number of hydrogen-bond donors (Lipinski definition) is 1. The second-order valence-electron chi connectivity index (χ2n) is 5.30. The van der Waals surface area contributed by atoms with E-state index in [2.05, 4.69) is 9.72 Å². The van der Waals surface area contributed by atoms with Crippen molar-refractivity contribution in [3.05, 3.63) is 52.7 Å². The first-order valence-corrected chi connectivity index (χ1v) is 8.92. The third-order valence-electron chi connectivity index (χ3n) is 3.26. The first-order chi connectivity index (χ1) is 12.7. The second kappa shape index (κ2) is 9.29. The van der Waals surface area contributed by atoms with Crippen LogP contribution in [0.5, 0.6) is 5.75 Å². The first-order valence-electron chi connectivity index (χ1n) is 7.55. The van der Waals surface area contributed by atoms with Gasteiger partial charge in [0, 0.05) is 11.9 Å². The van der Waals surface area contributed by atoms with Gasteiger partial charge in [-0.3, -0.25) is 0 Å². The van der Waals surface area contributed by atoms with Crippen LogP contribution in [-0.4, -0.2) is 41.6 Å². The average Bonchev–Trinajstić information content (AvgIpc) is 2.64. The Hall–Kier alpha value is -1.97. The van der Waals surface area contributed by atoms with Crippen molar-refractivity contribution >= 4 is 29.3 Å². The highest BCUT2D eigenvalue weighted by Gasteiger charge is 2.31. The van der Waals surface area contributed by atoms with Gasteiger partial charge in [-0.15, -0.1) is 11.8 Å². The lowest BCUT2D eigenvalue weighted by Crippen LogP contribution is -2.20. The van der Waals surface area contributed by atoms with Crippen molar-refractivity contribution in [2.24, 2.45) is 0 Å². The van der Waals surface area contributed by atoms with Crippen molar-refractivity contribution in [2.45, 2.75) is 17.3 Å². The number of aromatic nitrogens is 1. The summed E-state index contributed by atoms with van der Waals surface area (Å²) in [6, 6.07) is 6.95. The molecule has 0 aliphatic rings. The van der Waals surface area contributed by atoms with E-state index in [9.17, 15) is 23.1 Å². The third-order valence-corrected chi connectivity index (χ3v) is 4.82. The summed E-state index contributed by atoms with van der Waals surface area (Å²) in [5.74, 6) is 0.0921. The monoisotopic (exact) mass is 421 g/mol. The molecule has 146 valence electrons. The summed E-state index contributed by atoms with van der Waals surface area (Å²) in [5, 5.41) is 10.0. The van der Waals surface area contributed by atoms with E-state index in [1.807, 2.05) is 0 Å². The van der Waals surface area contributed by atoms with Gasteiger partial charge in [-0.2, -0.15) is 13.2 Å². The number of rotatable bonds is 7. The van der Waals surface area contributed by atoms with Crippen LogP contribution in [0.2, 0.25) is 5.02 Å². The number of thioether (sulfide) groups is 1. The maximum Gasteiger partial charge on any atom is 0.417 e. The zero-order chi connectivity index (χ0) is 20.0. The maximum atomic E-state index is 12.6. The molecule has 0 amide bonds. The molecule has 0 bridgehead atoms. The zero-order valence-electron chi connectivity index (χ0n) is 14.0. The molecule has 0 spiro atoms. The highest BCUT2D eigenvalue weighted by molar-refractivity contribution is 7.99. The number of halogens is 4. The molecule has 2 rings (SSSR count). The molecule has 5 nitrogen and oxygen atoms in total. The lowest BCUT2D eigenvalue weighted by atomic mass is 10.2. The lowest BCUT2D eigenvalue weighted by Gasteiger charge is -2.13. The van der Waals surface area contributed by atoms with E-state index in [-0.39, 0.29) is 22.4 Å². The summed E-state index contributed by atoms with van der Waals surface area (Å²) in [6.07, 6.45) is -4.73. The van der Waals surface area contributed by atoms with Crippen molar-refractivity contribution in [2.75, 3.05) is 19.5 Å². The van der Waals surface area contributed by atoms with Gasteiger partial charge in [0.05, 0.1) is 29.4 Å². The summed E-state index contributed by atoms with van der Waals surface area (Å²) < 4.78 is 47.7. The molecule has 0 radical (unpaired) electrons. The number of carbonyl (C=O) groups excluding carboxylic acids is 1. The first kappa shape index (κ1) is 21.3. The molecule has 1 heterocycles. The van der Waals surface area contributed by atoms with Crippen LogP contribution in [-0.2, 0) is 10.9 Å². The third kappa shape index (κ3) is 6.30. The van der Waals surface area contributed by atoms with E-state index < -0.39 is 23.8 Å². The second-order valence-corrected chi connectivity index (χ2v) is 6.72. The topological polar surface area (TPSA) is 68.7 Å². The molecule has 0 unspecified atom stereocenters. The molecule has 27 heavy (non-hydrogen) atoms. The molecule has 0 aliphatic heterocycles. The molecule has 0 fully saturated rings. The molecule has 0 aliphatic carbocycles. The lowest BCUT2D eigenvalue weighted by molar-refractivity contribution is -0.137. The SMILES string of the molecule is COC(=O)c1ccc(OC[C@H](O)CSc2ncc(C(F)(F)F)cc2Cl)cc1. The van der Waals surface area contributed by atoms with Crippen molar-refractivity contribution in [1.82, 2.24) is 4.98 Å². The van der Waals surface area contributed by atoms with Gasteiger partial charge in [0.25, 0.3) is 0 Å². The van der Waals surface area contributed by atoms with Gasteiger partial charge in [-0.1, -0.05) is 11.6 Å². The van der Waals surface area contributed by atoms with Gasteiger partial charge in [0.1, 0.15) is 17.4 Å². The molecule has 1 aromatic carbocycles. The van der Waals surface area contributed by atoms with Crippen LogP contribution >= 0.6 is 23.4 Å². The summed E-state index contributed by atoms with van der Waals surface area (Å²) in [4.78, 5) is 15.0. The van der Waals surface area contributed by atoms with Crippen LogP contribution in [0.25, 0.3) is 0 Å². The Kier molecular flexibility index (Phi) is 7.34. The van der Waals surface area contributed by atoms with E-state index in [0.29, 0.717) is 17.5 Å².